The van der Waals surface area contributed by atoms with Crippen molar-refractivity contribution < 1.29 is 0 Å². The third-order valence-electron chi connectivity index (χ3n) is 5.99. The summed E-state index contributed by atoms with van der Waals surface area (Å²) in [6, 6.07) is 7.60. The molecule has 0 bridgehead atoms. The molecule has 3 rings (SSSR count). The molecule has 0 unspecified atom stereocenters. The number of pyridine rings is 1. The van der Waals surface area contributed by atoms with Gasteiger partial charge in [0.25, 0.3) is 0 Å². The number of nitrogens with zero attached hydrogens (tertiary/aromatic N) is 6. The number of rotatable bonds is 4. The molecule has 26 heavy (non-hydrogen) atoms. The van der Waals surface area contributed by atoms with Crippen LogP contribution in [0.4, 0.5) is 11.6 Å². The van der Waals surface area contributed by atoms with Gasteiger partial charge in [-0.2, -0.15) is 5.26 Å². The van der Waals surface area contributed by atoms with Crippen LogP contribution in [0.3, 0.4) is 0 Å². The Hall–Kier alpha value is -1.84. The molecule has 2 fully saturated rings. The molecule has 2 saturated heterocycles. The van der Waals surface area contributed by atoms with Gasteiger partial charge < -0.3 is 19.6 Å². The van der Waals surface area contributed by atoms with Crippen molar-refractivity contribution in [2.45, 2.75) is 37.8 Å². The number of piperidine rings is 2. The minimum atomic E-state index is 0.630. The van der Waals surface area contributed by atoms with Gasteiger partial charge in [-0.3, -0.25) is 0 Å². The Morgan fingerprint density at radius 1 is 0.885 bits per heavy atom. The molecule has 0 N–H and O–H groups in total. The summed E-state index contributed by atoms with van der Waals surface area (Å²) in [5, 5.41) is 9.54. The number of hydrogen-bond donors (Lipinski definition) is 0. The molecule has 0 radical (unpaired) electrons. The summed E-state index contributed by atoms with van der Waals surface area (Å²) in [6.45, 7) is 4.00. The summed E-state index contributed by atoms with van der Waals surface area (Å²) in [4.78, 5) is 14.2. The van der Waals surface area contributed by atoms with E-state index in [1.54, 1.807) is 0 Å². The third kappa shape index (κ3) is 4.11. The summed E-state index contributed by atoms with van der Waals surface area (Å²) < 4.78 is 0. The molecule has 2 aliphatic heterocycles. The fourth-order valence-corrected chi connectivity index (χ4v) is 4.15. The van der Waals surface area contributed by atoms with Crippen LogP contribution in [0.5, 0.6) is 0 Å². The van der Waals surface area contributed by atoms with E-state index in [9.17, 15) is 5.26 Å². The van der Waals surface area contributed by atoms with Crippen LogP contribution in [0.2, 0.25) is 0 Å². The second-order valence-corrected chi connectivity index (χ2v) is 8.02. The fourth-order valence-electron chi connectivity index (χ4n) is 4.15. The molecule has 0 amide bonds. The van der Waals surface area contributed by atoms with E-state index in [0.29, 0.717) is 17.6 Å². The van der Waals surface area contributed by atoms with Gasteiger partial charge in [-0.25, -0.2) is 4.98 Å². The highest BCUT2D eigenvalue weighted by molar-refractivity contribution is 5.59. The van der Waals surface area contributed by atoms with Gasteiger partial charge in [0.2, 0.25) is 0 Å². The van der Waals surface area contributed by atoms with Crippen LogP contribution in [0, 0.1) is 11.3 Å². The summed E-state index contributed by atoms with van der Waals surface area (Å²) >= 11 is 0. The van der Waals surface area contributed by atoms with Gasteiger partial charge in [-0.05, 0) is 66.0 Å². The Morgan fingerprint density at radius 2 is 1.38 bits per heavy atom. The number of aromatic nitrogens is 1. The largest absolute Gasteiger partial charge is 0.356 e. The molecule has 0 aliphatic carbocycles. The second-order valence-electron chi connectivity index (χ2n) is 8.02. The zero-order chi connectivity index (χ0) is 18.7. The molecule has 0 aromatic carbocycles. The van der Waals surface area contributed by atoms with Crippen LogP contribution in [0.1, 0.15) is 31.2 Å². The van der Waals surface area contributed by atoms with E-state index in [1.165, 1.54) is 0 Å². The predicted octanol–water partition coefficient (Wildman–Crippen LogP) is 2.01. The minimum Gasteiger partial charge on any atom is -0.356 e. The van der Waals surface area contributed by atoms with Gasteiger partial charge in [0, 0.05) is 38.3 Å². The maximum atomic E-state index is 9.54. The highest BCUT2D eigenvalue weighted by Gasteiger charge is 2.25. The molecule has 0 spiro atoms. The summed E-state index contributed by atoms with van der Waals surface area (Å²) in [6.07, 6.45) is 4.58. The van der Waals surface area contributed by atoms with Gasteiger partial charge in [-0.15, -0.1) is 0 Å². The first kappa shape index (κ1) is 18.9. The Balaban J connectivity index is 1.73. The van der Waals surface area contributed by atoms with Gasteiger partial charge >= 0.3 is 0 Å². The van der Waals surface area contributed by atoms with Crippen LogP contribution < -0.4 is 9.80 Å². The molecule has 0 atom stereocenters. The van der Waals surface area contributed by atoms with Crippen LogP contribution in [-0.4, -0.2) is 81.2 Å². The Morgan fingerprint density at radius 3 is 1.85 bits per heavy atom. The van der Waals surface area contributed by atoms with E-state index < -0.39 is 0 Å². The standard InChI is InChI=1S/C20H32N6/c1-23(2)17-7-11-25(12-8-17)19-6-5-16(15-21)20(22-19)26-13-9-18(10-14-26)24(3)4/h5-6,17-18H,7-14H2,1-4H3. The lowest BCUT2D eigenvalue weighted by molar-refractivity contribution is 0.248. The molecular weight excluding hydrogens is 324 g/mol. The van der Waals surface area contributed by atoms with Crippen molar-refractivity contribution in [3.8, 4) is 6.07 Å². The summed E-state index contributed by atoms with van der Waals surface area (Å²) in [5.74, 6) is 1.89. The molecular formula is C20H32N6. The van der Waals surface area contributed by atoms with Gasteiger partial charge in [0.1, 0.15) is 17.7 Å². The van der Waals surface area contributed by atoms with Gasteiger partial charge in [-0.1, -0.05) is 0 Å². The maximum Gasteiger partial charge on any atom is 0.148 e. The number of anilines is 2. The molecule has 3 heterocycles. The number of hydrogen-bond acceptors (Lipinski definition) is 6. The predicted molar refractivity (Wildman–Crippen MR) is 107 cm³/mol. The van der Waals surface area contributed by atoms with E-state index in [2.05, 4.69) is 53.9 Å². The van der Waals surface area contributed by atoms with Crippen molar-refractivity contribution >= 4 is 11.6 Å². The zero-order valence-electron chi connectivity index (χ0n) is 16.6. The normalized spacial score (nSPS) is 20.0. The quantitative estimate of drug-likeness (QED) is 0.823. The first-order valence-corrected chi connectivity index (χ1v) is 9.73. The van der Waals surface area contributed by atoms with Crippen molar-refractivity contribution in [2.24, 2.45) is 0 Å². The van der Waals surface area contributed by atoms with Gasteiger partial charge in [0.15, 0.2) is 0 Å². The third-order valence-corrected chi connectivity index (χ3v) is 5.99. The molecule has 1 aromatic heterocycles. The Labute approximate surface area is 158 Å². The van der Waals surface area contributed by atoms with E-state index in [-0.39, 0.29) is 0 Å². The lowest BCUT2D eigenvalue weighted by Gasteiger charge is -2.38. The first-order valence-electron chi connectivity index (χ1n) is 9.73. The van der Waals surface area contributed by atoms with Crippen LogP contribution in [-0.2, 0) is 0 Å². The Bertz CT molecular complexity index is 634. The zero-order valence-corrected chi connectivity index (χ0v) is 16.6. The second kappa shape index (κ2) is 8.24. The van der Waals surface area contributed by atoms with E-state index in [0.717, 1.165) is 63.5 Å². The number of nitriles is 1. The monoisotopic (exact) mass is 356 g/mol. The first-order chi connectivity index (χ1) is 12.5. The maximum absolute atomic E-state index is 9.54. The SMILES string of the molecule is CN(C)C1CCN(c2ccc(C#N)c(N3CCC(N(C)C)CC3)n2)CC1. The average molecular weight is 357 g/mol. The molecule has 2 aliphatic rings. The smallest absolute Gasteiger partial charge is 0.148 e. The molecule has 0 saturated carbocycles. The molecule has 6 heteroatoms. The average Bonchev–Trinajstić information content (AvgIpc) is 2.67. The van der Waals surface area contributed by atoms with Crippen molar-refractivity contribution in [1.29, 1.82) is 5.26 Å². The lowest BCUT2D eigenvalue weighted by Crippen LogP contribution is -2.43. The van der Waals surface area contributed by atoms with Crippen molar-refractivity contribution in [2.75, 3.05) is 64.2 Å². The fraction of sp³-hybridized carbons (Fsp3) is 0.700. The highest BCUT2D eigenvalue weighted by atomic mass is 15.3. The topological polar surface area (TPSA) is 49.6 Å². The van der Waals surface area contributed by atoms with Crippen LogP contribution >= 0.6 is 0 Å². The van der Waals surface area contributed by atoms with Crippen LogP contribution in [0.25, 0.3) is 0 Å². The van der Waals surface area contributed by atoms with Crippen molar-refractivity contribution in [1.82, 2.24) is 14.8 Å². The van der Waals surface area contributed by atoms with Gasteiger partial charge in [0.05, 0.1) is 5.56 Å². The van der Waals surface area contributed by atoms with E-state index in [1.807, 2.05) is 12.1 Å². The summed E-state index contributed by atoms with van der Waals surface area (Å²) in [7, 11) is 8.63. The minimum absolute atomic E-state index is 0.630. The van der Waals surface area contributed by atoms with E-state index >= 15 is 0 Å². The van der Waals surface area contributed by atoms with Crippen molar-refractivity contribution in [3.05, 3.63) is 17.7 Å². The molecule has 6 nitrogen and oxygen atoms in total. The van der Waals surface area contributed by atoms with E-state index in [4.69, 9.17) is 4.98 Å². The molecule has 1 aromatic rings. The van der Waals surface area contributed by atoms with Crippen LogP contribution in [0.15, 0.2) is 12.1 Å². The highest BCUT2D eigenvalue weighted by Crippen LogP contribution is 2.27. The lowest BCUT2D eigenvalue weighted by atomic mass is 10.0. The summed E-state index contributed by atoms with van der Waals surface area (Å²) in [5.41, 5.74) is 0.695. The Kier molecular flexibility index (Phi) is 6.00. The van der Waals surface area contributed by atoms with Crippen molar-refractivity contribution in [3.63, 3.8) is 0 Å². The molecule has 142 valence electrons.